The van der Waals surface area contributed by atoms with Crippen LogP contribution in [0.15, 0.2) is 41.0 Å². The molecule has 1 aromatic carbocycles. The summed E-state index contributed by atoms with van der Waals surface area (Å²) in [4.78, 5) is 4.23. The Labute approximate surface area is 134 Å². The maximum absolute atomic E-state index is 5.80. The third-order valence-corrected chi connectivity index (χ3v) is 3.69. The molecule has 21 heavy (non-hydrogen) atoms. The molecule has 2 aromatic rings. The number of rotatable bonds is 4. The molecule has 112 valence electrons. The van der Waals surface area contributed by atoms with Gasteiger partial charge in [-0.05, 0) is 57.5 Å². The van der Waals surface area contributed by atoms with E-state index in [9.17, 15) is 0 Å². The molecule has 0 aliphatic rings. The highest BCUT2D eigenvalue weighted by Crippen LogP contribution is 2.27. The van der Waals surface area contributed by atoms with E-state index in [1.165, 1.54) is 5.56 Å². The fraction of sp³-hybridized carbons (Fsp3) is 0.353. The van der Waals surface area contributed by atoms with Gasteiger partial charge in [0.05, 0.1) is 6.20 Å². The first-order valence-corrected chi connectivity index (χ1v) is 7.77. The quantitative estimate of drug-likeness (QED) is 0.858. The van der Waals surface area contributed by atoms with Crippen molar-refractivity contribution in [1.29, 1.82) is 0 Å². The molecule has 0 radical (unpaired) electrons. The minimum Gasteiger partial charge on any atom is -0.456 e. The predicted octanol–water partition coefficient (Wildman–Crippen LogP) is 4.83. The third kappa shape index (κ3) is 5.14. The summed E-state index contributed by atoms with van der Waals surface area (Å²) in [5.41, 5.74) is 2.29. The largest absolute Gasteiger partial charge is 0.456 e. The smallest absolute Gasteiger partial charge is 0.145 e. The zero-order valence-corrected chi connectivity index (χ0v) is 14.5. The van der Waals surface area contributed by atoms with Crippen LogP contribution in [0.3, 0.4) is 0 Å². The van der Waals surface area contributed by atoms with E-state index in [-0.39, 0.29) is 5.54 Å². The Kier molecular flexibility index (Phi) is 5.01. The molecular weight excluding hydrogens is 328 g/mol. The maximum Gasteiger partial charge on any atom is 0.145 e. The number of nitrogens with one attached hydrogen (secondary N) is 1. The lowest BCUT2D eigenvalue weighted by molar-refractivity contribution is 0.423. The highest BCUT2D eigenvalue weighted by atomic mass is 79.9. The summed E-state index contributed by atoms with van der Waals surface area (Å²) >= 11 is 3.60. The van der Waals surface area contributed by atoms with E-state index in [0.717, 1.165) is 28.2 Å². The Balaban J connectivity index is 2.06. The number of halogens is 1. The van der Waals surface area contributed by atoms with Crippen molar-refractivity contribution in [3.05, 3.63) is 52.3 Å². The summed E-state index contributed by atoms with van der Waals surface area (Å²) in [5, 5.41) is 3.47. The summed E-state index contributed by atoms with van der Waals surface area (Å²) in [6, 6.07) is 9.89. The van der Waals surface area contributed by atoms with Crippen LogP contribution in [0, 0.1) is 6.92 Å². The minimum atomic E-state index is 0.0994. The van der Waals surface area contributed by atoms with Crippen LogP contribution in [0.4, 0.5) is 0 Å². The fourth-order valence-corrected chi connectivity index (χ4v) is 2.24. The number of pyridine rings is 1. The first kappa shape index (κ1) is 16.0. The number of aromatic nitrogens is 1. The normalized spacial score (nSPS) is 11.5. The number of nitrogens with zero attached hydrogens (tertiary/aromatic N) is 1. The number of ether oxygens (including phenoxy) is 1. The number of hydrogen-bond donors (Lipinski definition) is 1. The van der Waals surface area contributed by atoms with Gasteiger partial charge in [-0.15, -0.1) is 0 Å². The monoisotopic (exact) mass is 348 g/mol. The lowest BCUT2D eigenvalue weighted by atomic mass is 10.1. The van der Waals surface area contributed by atoms with Gasteiger partial charge in [-0.1, -0.05) is 22.0 Å². The van der Waals surface area contributed by atoms with Crippen LogP contribution in [-0.2, 0) is 6.54 Å². The van der Waals surface area contributed by atoms with Gasteiger partial charge in [0, 0.05) is 22.3 Å². The van der Waals surface area contributed by atoms with E-state index in [2.05, 4.69) is 53.1 Å². The van der Waals surface area contributed by atoms with Crippen LogP contribution in [-0.4, -0.2) is 10.5 Å². The third-order valence-electron chi connectivity index (χ3n) is 2.95. The Morgan fingerprint density at radius 3 is 2.43 bits per heavy atom. The van der Waals surface area contributed by atoms with Crippen LogP contribution in [0.25, 0.3) is 0 Å². The minimum absolute atomic E-state index is 0.0994. The molecule has 0 fully saturated rings. The Morgan fingerprint density at radius 2 is 1.86 bits per heavy atom. The van der Waals surface area contributed by atoms with Gasteiger partial charge in [-0.25, -0.2) is 0 Å². The maximum atomic E-state index is 5.80. The SMILES string of the molecule is Cc1ccc(Oc2ccc(CNC(C)(C)C)c(Br)c2)cn1. The van der Waals surface area contributed by atoms with E-state index in [1.54, 1.807) is 6.20 Å². The molecule has 2 rings (SSSR count). The van der Waals surface area contributed by atoms with E-state index in [4.69, 9.17) is 4.74 Å². The van der Waals surface area contributed by atoms with Crippen LogP contribution < -0.4 is 10.1 Å². The predicted molar refractivity (Wildman–Crippen MR) is 89.8 cm³/mol. The first-order valence-electron chi connectivity index (χ1n) is 6.97. The summed E-state index contributed by atoms with van der Waals surface area (Å²) in [6.07, 6.45) is 1.73. The summed E-state index contributed by atoms with van der Waals surface area (Å²) < 4.78 is 6.84. The number of benzene rings is 1. The van der Waals surface area contributed by atoms with Crippen molar-refractivity contribution in [2.24, 2.45) is 0 Å². The number of hydrogen-bond acceptors (Lipinski definition) is 3. The van der Waals surface area contributed by atoms with Crippen molar-refractivity contribution in [3.63, 3.8) is 0 Å². The molecule has 3 nitrogen and oxygen atoms in total. The van der Waals surface area contributed by atoms with Crippen molar-refractivity contribution in [2.75, 3.05) is 0 Å². The molecule has 0 spiro atoms. The number of aryl methyl sites for hydroxylation is 1. The van der Waals surface area contributed by atoms with Gasteiger partial charge in [0.25, 0.3) is 0 Å². The van der Waals surface area contributed by atoms with Gasteiger partial charge in [-0.2, -0.15) is 0 Å². The van der Waals surface area contributed by atoms with Gasteiger partial charge >= 0.3 is 0 Å². The molecule has 0 amide bonds. The first-order chi connectivity index (χ1) is 9.83. The van der Waals surface area contributed by atoms with Crippen molar-refractivity contribution in [2.45, 2.75) is 39.8 Å². The second-order valence-electron chi connectivity index (χ2n) is 6.09. The summed E-state index contributed by atoms with van der Waals surface area (Å²) in [7, 11) is 0. The summed E-state index contributed by atoms with van der Waals surface area (Å²) in [5.74, 6) is 1.54. The van der Waals surface area contributed by atoms with Gasteiger partial charge in [0.1, 0.15) is 11.5 Å². The van der Waals surface area contributed by atoms with Crippen LogP contribution in [0.1, 0.15) is 32.0 Å². The average molecular weight is 349 g/mol. The van der Waals surface area contributed by atoms with E-state index < -0.39 is 0 Å². The molecule has 4 heteroatoms. The van der Waals surface area contributed by atoms with Crippen LogP contribution >= 0.6 is 15.9 Å². The second-order valence-corrected chi connectivity index (χ2v) is 6.95. The lowest BCUT2D eigenvalue weighted by Gasteiger charge is -2.21. The van der Waals surface area contributed by atoms with Gasteiger partial charge in [0.15, 0.2) is 0 Å². The zero-order chi connectivity index (χ0) is 15.5. The van der Waals surface area contributed by atoms with Gasteiger partial charge < -0.3 is 10.1 Å². The second kappa shape index (κ2) is 6.58. The molecule has 0 saturated carbocycles. The van der Waals surface area contributed by atoms with Gasteiger partial charge in [-0.3, -0.25) is 4.98 Å². The van der Waals surface area contributed by atoms with E-state index >= 15 is 0 Å². The molecular formula is C17H21BrN2O. The van der Waals surface area contributed by atoms with E-state index in [1.807, 2.05) is 31.2 Å². The molecule has 0 aliphatic heterocycles. The van der Waals surface area contributed by atoms with Crippen molar-refractivity contribution in [1.82, 2.24) is 10.3 Å². The Hall–Kier alpha value is -1.39. The van der Waals surface area contributed by atoms with Crippen LogP contribution in [0.5, 0.6) is 11.5 Å². The summed E-state index contributed by atoms with van der Waals surface area (Å²) in [6.45, 7) is 9.24. The fourth-order valence-electron chi connectivity index (χ4n) is 1.75. The zero-order valence-electron chi connectivity index (χ0n) is 12.9. The standard InChI is InChI=1S/C17H21BrN2O/c1-12-5-7-15(11-19-12)21-14-8-6-13(16(18)9-14)10-20-17(2,3)4/h5-9,11,20H,10H2,1-4H3. The Morgan fingerprint density at radius 1 is 1.14 bits per heavy atom. The molecule has 0 bridgehead atoms. The molecule has 1 N–H and O–H groups in total. The molecule has 0 atom stereocenters. The molecule has 1 aromatic heterocycles. The van der Waals surface area contributed by atoms with Gasteiger partial charge in [0.2, 0.25) is 0 Å². The van der Waals surface area contributed by atoms with Crippen molar-refractivity contribution < 1.29 is 4.74 Å². The topological polar surface area (TPSA) is 34.1 Å². The highest BCUT2D eigenvalue weighted by molar-refractivity contribution is 9.10. The lowest BCUT2D eigenvalue weighted by Crippen LogP contribution is -2.35. The van der Waals surface area contributed by atoms with Crippen molar-refractivity contribution in [3.8, 4) is 11.5 Å². The van der Waals surface area contributed by atoms with E-state index in [0.29, 0.717) is 0 Å². The molecule has 0 unspecified atom stereocenters. The molecule has 0 aliphatic carbocycles. The van der Waals surface area contributed by atoms with Crippen molar-refractivity contribution >= 4 is 15.9 Å². The van der Waals surface area contributed by atoms with Crippen LogP contribution in [0.2, 0.25) is 0 Å². The molecule has 0 saturated heterocycles. The molecule has 1 heterocycles. The highest BCUT2D eigenvalue weighted by Gasteiger charge is 2.10. The average Bonchev–Trinajstić information content (AvgIpc) is 2.39. The Bertz CT molecular complexity index is 603.